The molecule has 2 aromatic rings. The van der Waals surface area contributed by atoms with Crippen molar-refractivity contribution in [3.8, 4) is 5.75 Å². The molecule has 148 valence electrons. The van der Waals surface area contributed by atoms with E-state index in [1.54, 1.807) is 10.4 Å². The zero-order valence-electron chi connectivity index (χ0n) is 16.6. The summed E-state index contributed by atoms with van der Waals surface area (Å²) in [6.45, 7) is 8.27. The topological polar surface area (TPSA) is 46.6 Å². The molecular formula is C22H31NO3S. The van der Waals surface area contributed by atoms with Gasteiger partial charge in [-0.1, -0.05) is 57.9 Å². The van der Waals surface area contributed by atoms with Crippen LogP contribution in [0.5, 0.6) is 5.75 Å². The zero-order chi connectivity index (χ0) is 19.4. The third kappa shape index (κ3) is 4.46. The number of hydrogen-bond acceptors (Lipinski definition) is 3. The van der Waals surface area contributed by atoms with Gasteiger partial charge in [0.2, 0.25) is 10.0 Å². The Morgan fingerprint density at radius 2 is 1.67 bits per heavy atom. The number of fused-ring (bicyclic) bond motifs is 1. The molecule has 0 aromatic heterocycles. The summed E-state index contributed by atoms with van der Waals surface area (Å²) in [7, 11) is -3.52. The highest BCUT2D eigenvalue weighted by molar-refractivity contribution is 7.89. The van der Waals surface area contributed by atoms with Crippen molar-refractivity contribution in [3.05, 3.63) is 36.4 Å². The van der Waals surface area contributed by atoms with Crippen LogP contribution >= 0.6 is 0 Å². The van der Waals surface area contributed by atoms with Gasteiger partial charge in [-0.05, 0) is 36.8 Å². The Morgan fingerprint density at radius 3 is 2.33 bits per heavy atom. The number of piperidine rings is 1. The Kier molecular flexibility index (Phi) is 6.43. The fraction of sp³-hybridized carbons (Fsp3) is 0.545. The Balaban J connectivity index is 1.95. The molecule has 5 heteroatoms. The Bertz CT molecular complexity index is 868. The van der Waals surface area contributed by atoms with Crippen LogP contribution in [0, 0.1) is 11.8 Å². The summed E-state index contributed by atoms with van der Waals surface area (Å²) in [5, 5.41) is 1.62. The maximum absolute atomic E-state index is 13.4. The maximum Gasteiger partial charge on any atom is 0.243 e. The summed E-state index contributed by atoms with van der Waals surface area (Å²) >= 11 is 0. The van der Waals surface area contributed by atoms with Crippen molar-refractivity contribution in [1.29, 1.82) is 0 Å². The molecule has 4 nitrogen and oxygen atoms in total. The standard InChI is InChI=1S/C22H31NO3S/c1-4-5-8-13-26-21-11-12-22(20-10-7-6-9-19(20)21)27(24,25)23-15-17(2)14-18(3)16-23/h6-7,9-12,17-18H,4-5,8,13-16H2,1-3H3. The Morgan fingerprint density at radius 1 is 1.00 bits per heavy atom. The van der Waals surface area contributed by atoms with Crippen molar-refractivity contribution < 1.29 is 13.2 Å². The molecule has 27 heavy (non-hydrogen) atoms. The van der Waals surface area contributed by atoms with Crippen molar-refractivity contribution in [2.75, 3.05) is 19.7 Å². The van der Waals surface area contributed by atoms with E-state index in [1.807, 2.05) is 30.3 Å². The van der Waals surface area contributed by atoms with E-state index in [-0.39, 0.29) is 0 Å². The van der Waals surface area contributed by atoms with Gasteiger partial charge in [0.25, 0.3) is 0 Å². The van der Waals surface area contributed by atoms with Gasteiger partial charge in [-0.25, -0.2) is 8.42 Å². The lowest BCUT2D eigenvalue weighted by Crippen LogP contribution is -2.42. The highest BCUT2D eigenvalue weighted by atomic mass is 32.2. The molecule has 1 aliphatic rings. The Hall–Kier alpha value is -1.59. The maximum atomic E-state index is 13.4. The van der Waals surface area contributed by atoms with Crippen LogP contribution in [0.2, 0.25) is 0 Å². The molecule has 1 heterocycles. The molecule has 2 atom stereocenters. The fourth-order valence-corrected chi connectivity index (χ4v) is 5.95. The average molecular weight is 390 g/mol. The zero-order valence-corrected chi connectivity index (χ0v) is 17.5. The Labute approximate surface area is 163 Å². The van der Waals surface area contributed by atoms with E-state index >= 15 is 0 Å². The van der Waals surface area contributed by atoms with Gasteiger partial charge < -0.3 is 4.74 Å². The first-order chi connectivity index (χ1) is 12.9. The van der Waals surface area contributed by atoms with E-state index in [4.69, 9.17) is 4.74 Å². The minimum atomic E-state index is -3.52. The molecule has 3 rings (SSSR count). The summed E-state index contributed by atoms with van der Waals surface area (Å²) in [5.41, 5.74) is 0. The first-order valence-electron chi connectivity index (χ1n) is 10.1. The molecule has 1 fully saturated rings. The molecule has 1 aliphatic heterocycles. The van der Waals surface area contributed by atoms with E-state index in [0.29, 0.717) is 36.4 Å². The van der Waals surface area contributed by atoms with Crippen LogP contribution in [-0.4, -0.2) is 32.4 Å². The fourth-order valence-electron chi connectivity index (χ4n) is 4.07. The van der Waals surface area contributed by atoms with Crippen molar-refractivity contribution in [3.63, 3.8) is 0 Å². The van der Waals surface area contributed by atoms with Crippen molar-refractivity contribution >= 4 is 20.8 Å². The molecule has 2 aromatic carbocycles. The summed E-state index contributed by atoms with van der Waals surface area (Å²) in [4.78, 5) is 0.389. The number of rotatable bonds is 7. The molecule has 0 amide bonds. The van der Waals surface area contributed by atoms with E-state index in [0.717, 1.165) is 42.2 Å². The van der Waals surface area contributed by atoms with Gasteiger partial charge in [0.15, 0.2) is 0 Å². The van der Waals surface area contributed by atoms with Gasteiger partial charge in [-0.2, -0.15) is 4.31 Å². The highest BCUT2D eigenvalue weighted by Gasteiger charge is 2.32. The summed E-state index contributed by atoms with van der Waals surface area (Å²) in [5.74, 6) is 1.54. The third-order valence-electron chi connectivity index (χ3n) is 5.30. The predicted octanol–water partition coefficient (Wildman–Crippen LogP) is 5.08. The van der Waals surface area contributed by atoms with E-state index in [2.05, 4.69) is 20.8 Å². The molecule has 0 bridgehead atoms. The lowest BCUT2D eigenvalue weighted by molar-refractivity contribution is 0.222. The molecular weight excluding hydrogens is 358 g/mol. The van der Waals surface area contributed by atoms with Crippen molar-refractivity contribution in [2.45, 2.75) is 51.3 Å². The number of benzene rings is 2. The molecule has 0 radical (unpaired) electrons. The van der Waals surface area contributed by atoms with E-state index in [1.165, 1.54) is 0 Å². The van der Waals surface area contributed by atoms with Crippen LogP contribution in [0.15, 0.2) is 41.3 Å². The molecule has 0 saturated carbocycles. The lowest BCUT2D eigenvalue weighted by atomic mass is 9.94. The minimum Gasteiger partial charge on any atom is -0.493 e. The monoisotopic (exact) mass is 389 g/mol. The summed E-state index contributed by atoms with van der Waals surface area (Å²) in [6.07, 6.45) is 4.37. The summed E-state index contributed by atoms with van der Waals surface area (Å²) in [6, 6.07) is 11.2. The second-order valence-corrected chi connectivity index (χ2v) is 9.84. The molecule has 0 spiro atoms. The number of unbranched alkanes of at least 4 members (excludes halogenated alkanes) is 2. The van der Waals surface area contributed by atoms with Crippen LogP contribution in [0.25, 0.3) is 10.8 Å². The van der Waals surface area contributed by atoms with E-state index in [9.17, 15) is 8.42 Å². The lowest BCUT2D eigenvalue weighted by Gasteiger charge is -2.34. The smallest absolute Gasteiger partial charge is 0.243 e. The number of nitrogens with zero attached hydrogens (tertiary/aromatic N) is 1. The second kappa shape index (κ2) is 8.61. The van der Waals surface area contributed by atoms with Crippen LogP contribution in [0.3, 0.4) is 0 Å². The van der Waals surface area contributed by atoms with Crippen LogP contribution in [0.1, 0.15) is 46.5 Å². The summed E-state index contributed by atoms with van der Waals surface area (Å²) < 4.78 is 34.4. The van der Waals surface area contributed by atoms with Gasteiger partial charge in [-0.3, -0.25) is 0 Å². The number of hydrogen-bond donors (Lipinski definition) is 0. The van der Waals surface area contributed by atoms with Crippen molar-refractivity contribution in [2.24, 2.45) is 11.8 Å². The van der Waals surface area contributed by atoms with Crippen LogP contribution in [-0.2, 0) is 10.0 Å². The quantitative estimate of drug-likeness (QED) is 0.621. The first kappa shape index (κ1) is 20.2. The number of sulfonamides is 1. The molecule has 0 aliphatic carbocycles. The molecule has 2 unspecified atom stereocenters. The SMILES string of the molecule is CCCCCOc1ccc(S(=O)(=O)N2CC(C)CC(C)C2)c2ccccc12. The van der Waals surface area contributed by atoms with Gasteiger partial charge >= 0.3 is 0 Å². The predicted molar refractivity (Wildman–Crippen MR) is 111 cm³/mol. The van der Waals surface area contributed by atoms with E-state index < -0.39 is 10.0 Å². The minimum absolute atomic E-state index is 0.385. The second-order valence-electron chi connectivity index (χ2n) is 7.93. The highest BCUT2D eigenvalue weighted by Crippen LogP contribution is 2.34. The third-order valence-corrected chi connectivity index (χ3v) is 7.19. The molecule has 1 saturated heterocycles. The van der Waals surface area contributed by atoms with Crippen molar-refractivity contribution in [1.82, 2.24) is 4.31 Å². The first-order valence-corrected chi connectivity index (χ1v) is 11.5. The van der Waals surface area contributed by atoms with Gasteiger partial charge in [0.05, 0.1) is 11.5 Å². The average Bonchev–Trinajstić information content (AvgIpc) is 2.64. The van der Waals surface area contributed by atoms with Gasteiger partial charge in [0, 0.05) is 23.9 Å². The van der Waals surface area contributed by atoms with Gasteiger partial charge in [-0.15, -0.1) is 0 Å². The van der Waals surface area contributed by atoms with Gasteiger partial charge in [0.1, 0.15) is 5.75 Å². The van der Waals surface area contributed by atoms with Crippen LogP contribution in [0.4, 0.5) is 0 Å². The number of ether oxygens (including phenoxy) is 1. The van der Waals surface area contributed by atoms with Crippen LogP contribution < -0.4 is 4.74 Å². The molecule has 0 N–H and O–H groups in total. The normalized spacial score (nSPS) is 21.4. The largest absolute Gasteiger partial charge is 0.493 e.